The maximum absolute atomic E-state index is 4.68. The van der Waals surface area contributed by atoms with Crippen molar-refractivity contribution in [3.63, 3.8) is 0 Å². The lowest BCUT2D eigenvalue weighted by Crippen LogP contribution is -1.96. The first-order valence-corrected chi connectivity index (χ1v) is 4.50. The summed E-state index contributed by atoms with van der Waals surface area (Å²) >= 11 is 1.72. The zero-order valence-electron chi connectivity index (χ0n) is 6.36. The Labute approximate surface area is 74.0 Å². The third-order valence-corrected chi connectivity index (χ3v) is 2.34. The molecule has 3 nitrogen and oxygen atoms in total. The zero-order valence-corrected chi connectivity index (χ0v) is 7.17. The fraction of sp³-hybridized carbons (Fsp3) is 0.125. The van der Waals surface area contributed by atoms with Crippen molar-refractivity contribution in [2.75, 3.05) is 5.32 Å². The van der Waals surface area contributed by atoms with E-state index in [1.807, 2.05) is 6.07 Å². The van der Waals surface area contributed by atoms with E-state index < -0.39 is 0 Å². The molecule has 0 saturated carbocycles. The number of hydrogen-bond donors (Lipinski definition) is 1. The van der Waals surface area contributed by atoms with Crippen LogP contribution in [0.2, 0.25) is 0 Å². The number of aromatic nitrogens is 1. The van der Waals surface area contributed by atoms with Crippen molar-refractivity contribution in [3.8, 4) is 0 Å². The van der Waals surface area contributed by atoms with Gasteiger partial charge in [0.25, 0.3) is 0 Å². The van der Waals surface area contributed by atoms with Crippen LogP contribution in [0.5, 0.6) is 0 Å². The van der Waals surface area contributed by atoms with Gasteiger partial charge in [-0.3, -0.25) is 0 Å². The summed E-state index contributed by atoms with van der Waals surface area (Å²) in [5, 5.41) is 8.92. The Bertz CT molecular complexity index is 280. The van der Waals surface area contributed by atoms with Crippen LogP contribution in [-0.2, 0) is 6.54 Å². The van der Waals surface area contributed by atoms with E-state index in [9.17, 15) is 0 Å². The molecule has 0 bridgehead atoms. The first-order chi connectivity index (χ1) is 5.95. The molecular weight excluding hydrogens is 172 g/mol. The van der Waals surface area contributed by atoms with E-state index in [-0.39, 0.29) is 0 Å². The molecule has 0 spiro atoms. The number of anilines is 1. The molecule has 2 aromatic heterocycles. The number of nitrogens with zero attached hydrogens (tertiary/aromatic N) is 1. The predicted octanol–water partition coefficient (Wildman–Crippen LogP) is 2.35. The maximum atomic E-state index is 4.68. The van der Waals surface area contributed by atoms with Gasteiger partial charge in [-0.15, -0.1) is 11.3 Å². The average Bonchev–Trinajstić information content (AvgIpc) is 2.74. The normalized spacial score (nSPS) is 10.0. The Morgan fingerprint density at radius 1 is 1.50 bits per heavy atom. The van der Waals surface area contributed by atoms with E-state index in [1.54, 1.807) is 23.7 Å². The molecule has 2 heterocycles. The molecule has 0 aliphatic carbocycles. The van der Waals surface area contributed by atoms with Crippen LogP contribution in [0, 0.1) is 0 Å². The summed E-state index contributed by atoms with van der Waals surface area (Å²) in [6, 6.07) is 5.91. The smallest absolute Gasteiger partial charge is 0.169 e. The fourth-order valence-corrected chi connectivity index (χ4v) is 1.54. The van der Waals surface area contributed by atoms with Crippen molar-refractivity contribution in [3.05, 3.63) is 34.7 Å². The number of hydrogen-bond acceptors (Lipinski definition) is 4. The molecule has 2 rings (SSSR count). The Balaban J connectivity index is 1.91. The van der Waals surface area contributed by atoms with Gasteiger partial charge in [0.15, 0.2) is 5.82 Å². The van der Waals surface area contributed by atoms with E-state index in [0.29, 0.717) is 0 Å². The van der Waals surface area contributed by atoms with Crippen LogP contribution in [0.1, 0.15) is 4.88 Å². The summed E-state index contributed by atoms with van der Waals surface area (Å²) in [4.78, 5) is 1.29. The summed E-state index contributed by atoms with van der Waals surface area (Å²) in [5.41, 5.74) is 0. The Kier molecular flexibility index (Phi) is 2.09. The van der Waals surface area contributed by atoms with Crippen LogP contribution in [0.25, 0.3) is 0 Å². The van der Waals surface area contributed by atoms with Gasteiger partial charge in [0.1, 0.15) is 6.26 Å². The Morgan fingerprint density at radius 2 is 2.50 bits per heavy atom. The average molecular weight is 180 g/mol. The molecule has 0 aliphatic rings. The predicted molar refractivity (Wildman–Crippen MR) is 48.1 cm³/mol. The molecule has 0 fully saturated rings. The van der Waals surface area contributed by atoms with Crippen LogP contribution >= 0.6 is 11.3 Å². The molecule has 0 unspecified atom stereocenters. The fourth-order valence-electron chi connectivity index (χ4n) is 0.895. The minimum Gasteiger partial charge on any atom is -0.363 e. The largest absolute Gasteiger partial charge is 0.363 e. The van der Waals surface area contributed by atoms with Gasteiger partial charge in [0.2, 0.25) is 0 Å². The van der Waals surface area contributed by atoms with Crippen LogP contribution in [0.15, 0.2) is 34.4 Å². The summed E-state index contributed by atoms with van der Waals surface area (Å²) in [7, 11) is 0. The van der Waals surface area contributed by atoms with Crippen LogP contribution in [0.4, 0.5) is 5.82 Å². The van der Waals surface area contributed by atoms with E-state index in [1.165, 1.54) is 4.88 Å². The van der Waals surface area contributed by atoms with Gasteiger partial charge in [0, 0.05) is 10.9 Å². The minimum atomic E-state index is 0.781. The lowest BCUT2D eigenvalue weighted by molar-refractivity contribution is 0.422. The van der Waals surface area contributed by atoms with Crippen molar-refractivity contribution < 1.29 is 4.52 Å². The second-order valence-electron chi connectivity index (χ2n) is 2.32. The molecule has 4 heteroatoms. The van der Waals surface area contributed by atoms with Gasteiger partial charge in [-0.25, -0.2) is 0 Å². The maximum Gasteiger partial charge on any atom is 0.169 e. The highest BCUT2D eigenvalue weighted by atomic mass is 32.1. The molecule has 2 aromatic rings. The van der Waals surface area contributed by atoms with Crippen molar-refractivity contribution in [1.29, 1.82) is 0 Å². The van der Waals surface area contributed by atoms with Crippen molar-refractivity contribution in [1.82, 2.24) is 5.16 Å². The number of thiophene rings is 1. The van der Waals surface area contributed by atoms with Gasteiger partial charge >= 0.3 is 0 Å². The molecule has 0 atom stereocenters. The highest BCUT2D eigenvalue weighted by Gasteiger charge is 1.95. The minimum absolute atomic E-state index is 0.781. The number of rotatable bonds is 3. The molecule has 0 aliphatic heterocycles. The van der Waals surface area contributed by atoms with Gasteiger partial charge in [-0.05, 0) is 11.4 Å². The number of nitrogens with one attached hydrogen (secondary N) is 1. The summed E-state index contributed by atoms with van der Waals surface area (Å²) in [5.74, 6) is 0.781. The molecule has 0 amide bonds. The van der Waals surface area contributed by atoms with Crippen LogP contribution in [0.3, 0.4) is 0 Å². The summed E-state index contributed by atoms with van der Waals surface area (Å²) in [6.45, 7) is 0.810. The van der Waals surface area contributed by atoms with Crippen LogP contribution < -0.4 is 5.32 Å². The van der Waals surface area contributed by atoms with Crippen molar-refractivity contribution in [2.24, 2.45) is 0 Å². The van der Waals surface area contributed by atoms with Crippen molar-refractivity contribution >= 4 is 17.2 Å². The molecule has 0 radical (unpaired) electrons. The van der Waals surface area contributed by atoms with Gasteiger partial charge in [0.05, 0.1) is 6.54 Å². The first kappa shape index (κ1) is 7.36. The quantitative estimate of drug-likeness (QED) is 0.787. The monoisotopic (exact) mass is 180 g/mol. The van der Waals surface area contributed by atoms with E-state index in [4.69, 9.17) is 0 Å². The second kappa shape index (κ2) is 3.40. The lowest BCUT2D eigenvalue weighted by Gasteiger charge is -1.97. The Hall–Kier alpha value is -1.29. The summed E-state index contributed by atoms with van der Waals surface area (Å²) in [6.07, 6.45) is 1.55. The topological polar surface area (TPSA) is 38.1 Å². The molecule has 0 saturated heterocycles. The standard InChI is InChI=1S/C8H8N2OS/c1-2-7(12-5-1)6-9-8-3-4-11-10-8/h1-5H,6H2,(H,9,10). The molecular formula is C8H8N2OS. The lowest BCUT2D eigenvalue weighted by atomic mass is 10.4. The van der Waals surface area contributed by atoms with Gasteiger partial charge in [-0.2, -0.15) is 0 Å². The molecule has 1 N–H and O–H groups in total. The zero-order chi connectivity index (χ0) is 8.23. The van der Waals surface area contributed by atoms with Gasteiger partial charge in [-0.1, -0.05) is 11.2 Å². The third-order valence-electron chi connectivity index (χ3n) is 1.46. The molecule has 0 aromatic carbocycles. The molecule has 12 heavy (non-hydrogen) atoms. The SMILES string of the molecule is c1csc(CNc2ccon2)c1. The van der Waals surface area contributed by atoms with E-state index in [0.717, 1.165) is 12.4 Å². The highest BCUT2D eigenvalue weighted by Crippen LogP contribution is 2.10. The Morgan fingerprint density at radius 3 is 3.17 bits per heavy atom. The van der Waals surface area contributed by atoms with Crippen LogP contribution in [-0.4, -0.2) is 5.16 Å². The first-order valence-electron chi connectivity index (χ1n) is 3.62. The third kappa shape index (κ3) is 1.65. The van der Waals surface area contributed by atoms with E-state index in [2.05, 4.69) is 26.4 Å². The van der Waals surface area contributed by atoms with Crippen molar-refractivity contribution in [2.45, 2.75) is 6.54 Å². The summed E-state index contributed by atoms with van der Waals surface area (Å²) < 4.78 is 4.68. The molecule has 62 valence electrons. The van der Waals surface area contributed by atoms with Gasteiger partial charge < -0.3 is 9.84 Å². The second-order valence-corrected chi connectivity index (χ2v) is 3.35. The van der Waals surface area contributed by atoms with E-state index >= 15 is 0 Å². The highest BCUT2D eigenvalue weighted by molar-refractivity contribution is 7.09.